The van der Waals surface area contributed by atoms with Crippen LogP contribution in [-0.4, -0.2) is 57.7 Å². The van der Waals surface area contributed by atoms with Gasteiger partial charge in [-0.3, -0.25) is 0 Å². The van der Waals surface area contributed by atoms with Crippen LogP contribution in [0.2, 0.25) is 5.28 Å². The number of rotatable bonds is 9. The van der Waals surface area contributed by atoms with Crippen molar-refractivity contribution in [2.24, 2.45) is 11.8 Å². The Morgan fingerprint density at radius 1 is 0.951 bits per heavy atom. The highest BCUT2D eigenvalue weighted by molar-refractivity contribution is 6.28. The van der Waals surface area contributed by atoms with Gasteiger partial charge in [0.05, 0.1) is 31.7 Å². The first-order valence-electron chi connectivity index (χ1n) is 14.4. The Kier molecular flexibility index (Phi) is 7.60. The first kappa shape index (κ1) is 26.8. The van der Waals surface area contributed by atoms with E-state index in [4.69, 9.17) is 25.8 Å². The zero-order valence-electron chi connectivity index (χ0n) is 22.7. The molecule has 0 spiro atoms. The van der Waals surface area contributed by atoms with Crippen LogP contribution >= 0.6 is 11.6 Å². The molecule has 10 heteroatoms. The van der Waals surface area contributed by atoms with Gasteiger partial charge in [0.1, 0.15) is 18.3 Å². The zero-order chi connectivity index (χ0) is 27.8. The Balaban J connectivity index is 1.14. The number of alkyl halides is 1. The van der Waals surface area contributed by atoms with Gasteiger partial charge < -0.3 is 19.1 Å². The lowest BCUT2D eigenvalue weighted by Crippen LogP contribution is -2.34. The molecule has 8 nitrogen and oxygen atoms in total. The normalized spacial score (nSPS) is 27.6. The van der Waals surface area contributed by atoms with E-state index in [1.54, 1.807) is 10.7 Å². The van der Waals surface area contributed by atoms with Crippen molar-refractivity contribution in [2.45, 2.75) is 57.0 Å². The molecule has 2 aromatic carbocycles. The lowest BCUT2D eigenvalue weighted by Gasteiger charge is -2.20. The van der Waals surface area contributed by atoms with Gasteiger partial charge in [0.15, 0.2) is 17.6 Å². The first-order valence-corrected chi connectivity index (χ1v) is 14.7. The molecule has 2 unspecified atom stereocenters. The minimum Gasteiger partial charge on any atom is -0.374 e. The molecule has 0 amide bonds. The number of hydrogen-bond acceptors (Lipinski definition) is 7. The van der Waals surface area contributed by atoms with Gasteiger partial charge in [-0.1, -0.05) is 67.1 Å². The van der Waals surface area contributed by atoms with E-state index >= 15 is 4.39 Å². The standard InChI is InChI=1S/C31H33ClFN5O3/c32-31-35-30(37-15-22-12-7-13-23(22)16-37)29-34-14-24(38(29)36-31)27-26(33)28(40-18-21-10-5-2-6-11-21)25(41-27)19-39-17-20-8-3-1-4-9-20/h1-6,8-11,14,22-23,25-28H,7,12-13,15-19H2/t22?,23?,25-,26-,27+,28-/m1/s1. The molecular formula is C31H33ClFN5O3. The Morgan fingerprint density at radius 2 is 1.63 bits per heavy atom. The molecule has 7 rings (SSSR count). The number of hydrogen-bond donors (Lipinski definition) is 0. The highest BCUT2D eigenvalue weighted by Crippen LogP contribution is 2.42. The fraction of sp³-hybridized carbons (Fsp3) is 0.452. The number of halogens is 2. The van der Waals surface area contributed by atoms with E-state index in [-0.39, 0.29) is 18.5 Å². The molecular weight excluding hydrogens is 545 g/mol. The largest absolute Gasteiger partial charge is 0.374 e. The van der Waals surface area contributed by atoms with Gasteiger partial charge in [0, 0.05) is 13.1 Å². The maximum atomic E-state index is 16.3. The van der Waals surface area contributed by atoms with Gasteiger partial charge in [-0.15, -0.1) is 5.10 Å². The Hall–Kier alpha value is -3.11. The van der Waals surface area contributed by atoms with Crippen LogP contribution in [0.5, 0.6) is 0 Å². The van der Waals surface area contributed by atoms with Crippen molar-refractivity contribution in [1.29, 1.82) is 0 Å². The molecule has 4 heterocycles. The van der Waals surface area contributed by atoms with Crippen LogP contribution in [0.3, 0.4) is 0 Å². The molecule has 1 saturated carbocycles. The third-order valence-electron chi connectivity index (χ3n) is 8.63. The van der Waals surface area contributed by atoms with Gasteiger partial charge in [0.2, 0.25) is 5.28 Å². The fourth-order valence-corrected chi connectivity index (χ4v) is 6.75. The van der Waals surface area contributed by atoms with Crippen molar-refractivity contribution in [1.82, 2.24) is 19.6 Å². The fourth-order valence-electron chi connectivity index (χ4n) is 6.59. The molecule has 3 fully saturated rings. The highest BCUT2D eigenvalue weighted by Gasteiger charge is 2.48. The molecule has 2 aromatic heterocycles. The lowest BCUT2D eigenvalue weighted by molar-refractivity contribution is -0.0742. The third-order valence-corrected chi connectivity index (χ3v) is 8.79. The Bertz CT molecular complexity index is 1460. The number of aromatic nitrogens is 4. The zero-order valence-corrected chi connectivity index (χ0v) is 23.4. The van der Waals surface area contributed by atoms with Gasteiger partial charge in [-0.25, -0.2) is 13.9 Å². The molecule has 0 N–H and O–H groups in total. The second kappa shape index (κ2) is 11.6. The third kappa shape index (κ3) is 5.44. The number of nitrogens with zero attached hydrogens (tertiary/aromatic N) is 5. The van der Waals surface area contributed by atoms with E-state index in [9.17, 15) is 0 Å². The van der Waals surface area contributed by atoms with Gasteiger partial charge in [0.25, 0.3) is 0 Å². The first-order chi connectivity index (χ1) is 20.1. The van der Waals surface area contributed by atoms with E-state index in [0.29, 0.717) is 35.6 Å². The predicted octanol–water partition coefficient (Wildman–Crippen LogP) is 5.59. The minimum absolute atomic E-state index is 0.0943. The summed E-state index contributed by atoms with van der Waals surface area (Å²) in [6.07, 6.45) is 1.52. The van der Waals surface area contributed by atoms with Crippen LogP contribution in [0.4, 0.5) is 10.2 Å². The summed E-state index contributed by atoms with van der Waals surface area (Å²) in [6.45, 7) is 2.70. The number of benzene rings is 2. The maximum absolute atomic E-state index is 16.3. The average Bonchev–Trinajstić information content (AvgIpc) is 3.76. The molecule has 214 valence electrons. The summed E-state index contributed by atoms with van der Waals surface area (Å²) in [5, 5.41) is 4.52. The summed E-state index contributed by atoms with van der Waals surface area (Å²) < 4.78 is 36.3. The van der Waals surface area contributed by atoms with E-state index < -0.39 is 24.5 Å². The van der Waals surface area contributed by atoms with Gasteiger partial charge >= 0.3 is 0 Å². The molecule has 0 radical (unpaired) electrons. The van der Waals surface area contributed by atoms with Crippen molar-refractivity contribution in [3.05, 3.63) is 89.0 Å². The van der Waals surface area contributed by atoms with E-state index in [1.807, 2.05) is 60.7 Å². The van der Waals surface area contributed by atoms with Crippen molar-refractivity contribution in [2.75, 3.05) is 24.6 Å². The Labute approximate surface area is 243 Å². The molecule has 41 heavy (non-hydrogen) atoms. The van der Waals surface area contributed by atoms with Gasteiger partial charge in [-0.2, -0.15) is 4.98 Å². The van der Waals surface area contributed by atoms with Crippen molar-refractivity contribution >= 4 is 23.1 Å². The predicted molar refractivity (Wildman–Crippen MR) is 152 cm³/mol. The van der Waals surface area contributed by atoms with Crippen molar-refractivity contribution in [3.8, 4) is 0 Å². The van der Waals surface area contributed by atoms with E-state index in [2.05, 4.69) is 20.0 Å². The highest BCUT2D eigenvalue weighted by atomic mass is 35.5. The summed E-state index contributed by atoms with van der Waals surface area (Å²) in [7, 11) is 0. The molecule has 2 saturated heterocycles. The quantitative estimate of drug-likeness (QED) is 0.257. The summed E-state index contributed by atoms with van der Waals surface area (Å²) in [4.78, 5) is 11.4. The van der Waals surface area contributed by atoms with Crippen LogP contribution in [0, 0.1) is 11.8 Å². The van der Waals surface area contributed by atoms with Crippen molar-refractivity contribution < 1.29 is 18.6 Å². The lowest BCUT2D eigenvalue weighted by atomic mass is 10.0. The Morgan fingerprint density at radius 3 is 2.34 bits per heavy atom. The van der Waals surface area contributed by atoms with Gasteiger partial charge in [-0.05, 0) is 47.4 Å². The van der Waals surface area contributed by atoms with Crippen LogP contribution in [0.15, 0.2) is 66.9 Å². The summed E-state index contributed by atoms with van der Waals surface area (Å²) in [5.74, 6) is 2.04. The van der Waals surface area contributed by atoms with Crippen molar-refractivity contribution in [3.63, 3.8) is 0 Å². The van der Waals surface area contributed by atoms with Crippen LogP contribution in [-0.2, 0) is 27.4 Å². The van der Waals surface area contributed by atoms with Crippen LogP contribution in [0.25, 0.3) is 5.65 Å². The molecule has 2 aliphatic heterocycles. The molecule has 0 bridgehead atoms. The molecule has 6 atom stereocenters. The molecule has 4 aromatic rings. The van der Waals surface area contributed by atoms with E-state index in [1.165, 1.54) is 19.3 Å². The van der Waals surface area contributed by atoms with E-state index in [0.717, 1.165) is 24.2 Å². The number of anilines is 1. The monoisotopic (exact) mass is 577 g/mol. The molecule has 3 aliphatic rings. The topological polar surface area (TPSA) is 74.0 Å². The number of ether oxygens (including phenoxy) is 3. The molecule has 1 aliphatic carbocycles. The SMILES string of the molecule is F[C@H]1[C@H](OCc2ccccc2)[C@@H](COCc2ccccc2)O[C@H]1c1cnc2c(N3CC4CCCC4C3)nc(Cl)nn12. The smallest absolute Gasteiger partial charge is 0.243 e. The van der Waals surface area contributed by atoms with Crippen LogP contribution < -0.4 is 4.90 Å². The summed E-state index contributed by atoms with van der Waals surface area (Å²) >= 11 is 6.42. The maximum Gasteiger partial charge on any atom is 0.243 e. The number of fused-ring (bicyclic) bond motifs is 2. The second-order valence-corrected chi connectivity index (χ2v) is 11.6. The summed E-state index contributed by atoms with van der Waals surface area (Å²) in [6, 6.07) is 19.6. The van der Waals surface area contributed by atoms with Crippen LogP contribution in [0.1, 0.15) is 42.2 Å². The average molecular weight is 578 g/mol. The number of imidazole rings is 1. The minimum atomic E-state index is -1.47. The second-order valence-electron chi connectivity index (χ2n) is 11.3. The summed E-state index contributed by atoms with van der Waals surface area (Å²) in [5.41, 5.74) is 3.04.